The predicted octanol–water partition coefficient (Wildman–Crippen LogP) is -1.01. The average Bonchev–Trinajstić information content (AvgIpc) is 2.17. The second-order valence-electron chi connectivity index (χ2n) is 4.19. The van der Waals surface area contributed by atoms with Gasteiger partial charge in [-0.2, -0.15) is 0 Å². The van der Waals surface area contributed by atoms with Gasteiger partial charge in [0.1, 0.15) is 6.54 Å². The van der Waals surface area contributed by atoms with Crippen molar-refractivity contribution in [1.29, 1.82) is 0 Å². The Morgan fingerprint density at radius 1 is 1.56 bits per heavy atom. The molecule has 0 aromatic carbocycles. The van der Waals surface area contributed by atoms with Gasteiger partial charge in [0.15, 0.2) is 0 Å². The van der Waals surface area contributed by atoms with E-state index in [-0.39, 0.29) is 30.8 Å². The molecule has 0 radical (unpaired) electrons. The molecule has 3 amide bonds. The van der Waals surface area contributed by atoms with Crippen molar-refractivity contribution < 1.29 is 14.4 Å². The highest BCUT2D eigenvalue weighted by Crippen LogP contribution is 2.10. The molecule has 0 bridgehead atoms. The molecule has 3 N–H and O–H groups in total. The number of hydrogen-bond donors (Lipinski definition) is 2. The summed E-state index contributed by atoms with van der Waals surface area (Å²) in [6.07, 6.45) is 0.585. The van der Waals surface area contributed by atoms with Crippen molar-refractivity contribution in [3.8, 4) is 0 Å². The maximum Gasteiger partial charge on any atom is 0.246 e. The van der Waals surface area contributed by atoms with E-state index in [4.69, 9.17) is 5.73 Å². The first-order chi connectivity index (χ1) is 7.41. The fourth-order valence-corrected chi connectivity index (χ4v) is 1.54. The molecule has 0 spiro atoms. The van der Waals surface area contributed by atoms with Crippen molar-refractivity contribution in [2.24, 2.45) is 5.73 Å². The minimum atomic E-state index is -0.662. The standard InChI is InChI=1S/C10H17N3O3/c1-6(2)12-8(14)5-13-9(15)4-3-7(11)10(13)16/h6-7H,3-5,11H2,1-2H3,(H,12,14). The third-order valence-corrected chi connectivity index (χ3v) is 2.30. The van der Waals surface area contributed by atoms with Gasteiger partial charge in [0, 0.05) is 12.5 Å². The van der Waals surface area contributed by atoms with Crippen LogP contribution in [-0.4, -0.2) is 41.2 Å². The lowest BCUT2D eigenvalue weighted by molar-refractivity contribution is -0.151. The van der Waals surface area contributed by atoms with Crippen LogP contribution in [0.1, 0.15) is 26.7 Å². The normalized spacial score (nSPS) is 21.5. The van der Waals surface area contributed by atoms with Gasteiger partial charge in [0.25, 0.3) is 0 Å². The summed E-state index contributed by atoms with van der Waals surface area (Å²) in [5.41, 5.74) is 5.53. The van der Waals surface area contributed by atoms with Crippen molar-refractivity contribution in [3.05, 3.63) is 0 Å². The molecule has 1 heterocycles. The lowest BCUT2D eigenvalue weighted by Gasteiger charge is -2.28. The Hall–Kier alpha value is -1.43. The van der Waals surface area contributed by atoms with Gasteiger partial charge in [-0.25, -0.2) is 0 Å². The number of carbonyl (C=O) groups is 3. The van der Waals surface area contributed by atoms with Crippen LogP contribution in [0.5, 0.6) is 0 Å². The number of carbonyl (C=O) groups excluding carboxylic acids is 3. The number of amides is 3. The van der Waals surface area contributed by atoms with Gasteiger partial charge >= 0.3 is 0 Å². The van der Waals surface area contributed by atoms with Gasteiger partial charge in [-0.1, -0.05) is 0 Å². The Kier molecular flexibility index (Phi) is 4.00. The fourth-order valence-electron chi connectivity index (χ4n) is 1.54. The predicted molar refractivity (Wildman–Crippen MR) is 57.2 cm³/mol. The first-order valence-electron chi connectivity index (χ1n) is 5.31. The van der Waals surface area contributed by atoms with E-state index in [0.717, 1.165) is 4.90 Å². The van der Waals surface area contributed by atoms with Gasteiger partial charge in [-0.05, 0) is 20.3 Å². The topological polar surface area (TPSA) is 92.5 Å². The third-order valence-electron chi connectivity index (χ3n) is 2.30. The van der Waals surface area contributed by atoms with E-state index in [1.54, 1.807) is 0 Å². The summed E-state index contributed by atoms with van der Waals surface area (Å²) in [6, 6.07) is -0.680. The van der Waals surface area contributed by atoms with Gasteiger partial charge in [0.2, 0.25) is 17.7 Å². The summed E-state index contributed by atoms with van der Waals surface area (Å²) in [5, 5.41) is 2.62. The summed E-state index contributed by atoms with van der Waals surface area (Å²) in [7, 11) is 0. The summed E-state index contributed by atoms with van der Waals surface area (Å²) in [4.78, 5) is 35.4. The van der Waals surface area contributed by atoms with Crippen LogP contribution >= 0.6 is 0 Å². The lowest BCUT2D eigenvalue weighted by atomic mass is 10.1. The summed E-state index contributed by atoms with van der Waals surface area (Å²) >= 11 is 0. The zero-order chi connectivity index (χ0) is 12.3. The molecule has 1 fully saturated rings. The quantitative estimate of drug-likeness (QED) is 0.604. The molecule has 0 aromatic heterocycles. The Balaban J connectivity index is 2.60. The molecular weight excluding hydrogens is 210 g/mol. The molecule has 1 atom stereocenters. The minimum absolute atomic E-state index is 0.0174. The molecule has 16 heavy (non-hydrogen) atoms. The monoisotopic (exact) mass is 227 g/mol. The molecule has 0 aromatic rings. The molecule has 0 saturated carbocycles. The van der Waals surface area contributed by atoms with Crippen LogP contribution < -0.4 is 11.1 Å². The van der Waals surface area contributed by atoms with Crippen LogP contribution in [0.3, 0.4) is 0 Å². The maximum atomic E-state index is 11.6. The fraction of sp³-hybridized carbons (Fsp3) is 0.700. The van der Waals surface area contributed by atoms with E-state index in [1.807, 2.05) is 13.8 Å². The number of hydrogen-bond acceptors (Lipinski definition) is 4. The first-order valence-corrected chi connectivity index (χ1v) is 5.31. The first kappa shape index (κ1) is 12.6. The number of nitrogens with one attached hydrogen (secondary N) is 1. The van der Waals surface area contributed by atoms with Crippen LogP contribution in [0, 0.1) is 0 Å². The molecule has 0 aliphatic carbocycles. The van der Waals surface area contributed by atoms with Gasteiger partial charge in [-0.3, -0.25) is 19.3 Å². The average molecular weight is 227 g/mol. The van der Waals surface area contributed by atoms with Gasteiger partial charge in [0.05, 0.1) is 6.04 Å². The second kappa shape index (κ2) is 5.07. The molecule has 1 aliphatic heterocycles. The van der Waals surface area contributed by atoms with E-state index in [1.165, 1.54) is 0 Å². The van der Waals surface area contributed by atoms with E-state index >= 15 is 0 Å². The van der Waals surface area contributed by atoms with Gasteiger partial charge < -0.3 is 11.1 Å². The van der Waals surface area contributed by atoms with E-state index in [2.05, 4.69) is 5.32 Å². The molecule has 1 aliphatic rings. The van der Waals surface area contributed by atoms with Crippen LogP contribution in [-0.2, 0) is 14.4 Å². The molecule has 1 saturated heterocycles. The zero-order valence-corrected chi connectivity index (χ0v) is 9.53. The lowest BCUT2D eigenvalue weighted by Crippen LogP contribution is -2.54. The second-order valence-corrected chi connectivity index (χ2v) is 4.19. The molecule has 90 valence electrons. The minimum Gasteiger partial charge on any atom is -0.352 e. The Morgan fingerprint density at radius 3 is 2.75 bits per heavy atom. The summed E-state index contributed by atoms with van der Waals surface area (Å²) < 4.78 is 0. The van der Waals surface area contributed by atoms with Crippen LogP contribution in [0.4, 0.5) is 0 Å². The Labute approximate surface area is 94.2 Å². The van der Waals surface area contributed by atoms with Crippen molar-refractivity contribution in [2.45, 2.75) is 38.8 Å². The maximum absolute atomic E-state index is 11.6. The van der Waals surface area contributed by atoms with E-state index in [0.29, 0.717) is 6.42 Å². The Bertz CT molecular complexity index is 314. The highest BCUT2D eigenvalue weighted by atomic mass is 16.2. The largest absolute Gasteiger partial charge is 0.352 e. The van der Waals surface area contributed by atoms with E-state index < -0.39 is 11.9 Å². The number of imide groups is 1. The molecular formula is C10H17N3O3. The highest BCUT2D eigenvalue weighted by molar-refractivity contribution is 6.03. The number of likely N-dealkylation sites (tertiary alicyclic amines) is 1. The number of nitrogens with two attached hydrogens (primary N) is 1. The summed E-state index contributed by atoms with van der Waals surface area (Å²) in [5.74, 6) is -1.13. The van der Waals surface area contributed by atoms with Crippen molar-refractivity contribution in [3.63, 3.8) is 0 Å². The summed E-state index contributed by atoms with van der Waals surface area (Å²) in [6.45, 7) is 3.39. The van der Waals surface area contributed by atoms with Crippen molar-refractivity contribution in [1.82, 2.24) is 10.2 Å². The molecule has 1 rings (SSSR count). The highest BCUT2D eigenvalue weighted by Gasteiger charge is 2.33. The molecule has 1 unspecified atom stereocenters. The number of piperidine rings is 1. The number of rotatable bonds is 3. The molecule has 6 heteroatoms. The zero-order valence-electron chi connectivity index (χ0n) is 9.53. The molecule has 6 nitrogen and oxygen atoms in total. The van der Waals surface area contributed by atoms with Crippen molar-refractivity contribution in [2.75, 3.05) is 6.54 Å². The smallest absolute Gasteiger partial charge is 0.246 e. The number of nitrogens with zero attached hydrogens (tertiary/aromatic N) is 1. The van der Waals surface area contributed by atoms with Crippen LogP contribution in [0.2, 0.25) is 0 Å². The van der Waals surface area contributed by atoms with E-state index in [9.17, 15) is 14.4 Å². The van der Waals surface area contributed by atoms with Crippen LogP contribution in [0.25, 0.3) is 0 Å². The third kappa shape index (κ3) is 3.03. The Morgan fingerprint density at radius 2 is 2.19 bits per heavy atom. The van der Waals surface area contributed by atoms with Gasteiger partial charge in [-0.15, -0.1) is 0 Å². The van der Waals surface area contributed by atoms with Crippen LogP contribution in [0.15, 0.2) is 0 Å². The van der Waals surface area contributed by atoms with Crippen molar-refractivity contribution >= 4 is 17.7 Å². The SMILES string of the molecule is CC(C)NC(=O)CN1C(=O)CCC(N)C1=O.